The minimum atomic E-state index is -1.41. The van der Waals surface area contributed by atoms with Crippen LogP contribution in [0.1, 0.15) is 70.6 Å². The van der Waals surface area contributed by atoms with E-state index in [1.807, 2.05) is 6.92 Å². The molecule has 7 amide bonds. The molecule has 1 aliphatic rings. The van der Waals surface area contributed by atoms with E-state index in [-0.39, 0.29) is 44.6 Å². The average Bonchev–Trinajstić information content (AvgIpc) is 3.63. The van der Waals surface area contributed by atoms with Gasteiger partial charge in [0.2, 0.25) is 41.4 Å². The van der Waals surface area contributed by atoms with Crippen LogP contribution in [0, 0.1) is 0 Å². The number of primary amides is 1. The van der Waals surface area contributed by atoms with Gasteiger partial charge in [-0.3, -0.25) is 38.9 Å². The number of aromatic nitrogens is 2. The van der Waals surface area contributed by atoms with Crippen LogP contribution >= 0.6 is 0 Å². The largest absolute Gasteiger partial charge is 0.376 e. The summed E-state index contributed by atoms with van der Waals surface area (Å²) in [5.41, 5.74) is 6.69. The van der Waals surface area contributed by atoms with Crippen LogP contribution in [-0.2, 0) is 46.4 Å². The maximum absolute atomic E-state index is 14.0. The molecule has 3 rings (SSSR count). The third kappa shape index (κ3) is 14.3. The number of hydrogen-bond acceptors (Lipinski definition) is 10. The number of unbranched alkanes of at least 4 members (excludes halogenated alkanes) is 1. The Morgan fingerprint density at radius 1 is 0.943 bits per heavy atom. The summed E-state index contributed by atoms with van der Waals surface area (Å²) in [6.07, 6.45) is 2.80. The van der Waals surface area contributed by atoms with Gasteiger partial charge in [-0.1, -0.05) is 50.1 Å². The molecule has 7 atom stereocenters. The van der Waals surface area contributed by atoms with Crippen molar-refractivity contribution in [3.05, 3.63) is 54.1 Å². The van der Waals surface area contributed by atoms with Crippen LogP contribution in [0.4, 0.5) is 0 Å². The number of aromatic amines is 1. The first-order valence-electron chi connectivity index (χ1n) is 17.8. The highest BCUT2D eigenvalue weighted by atomic mass is 16.3. The number of hydrogen-bond donors (Lipinski definition) is 10. The van der Waals surface area contributed by atoms with Crippen molar-refractivity contribution in [2.45, 2.75) is 115 Å². The van der Waals surface area contributed by atoms with E-state index >= 15 is 0 Å². The Labute approximate surface area is 308 Å². The molecule has 18 heteroatoms. The molecule has 0 saturated carbocycles. The van der Waals surface area contributed by atoms with Crippen LogP contribution < -0.4 is 43.0 Å². The molecule has 0 aliphatic carbocycles. The Balaban J connectivity index is 2.00. The highest BCUT2D eigenvalue weighted by molar-refractivity contribution is 5.96. The van der Waals surface area contributed by atoms with E-state index in [0.29, 0.717) is 24.1 Å². The smallest absolute Gasteiger partial charge is 0.243 e. The summed E-state index contributed by atoms with van der Waals surface area (Å²) >= 11 is 0. The van der Waals surface area contributed by atoms with E-state index < -0.39 is 77.9 Å². The number of amides is 7. The molecule has 0 spiro atoms. The molecule has 0 bridgehead atoms. The van der Waals surface area contributed by atoms with Gasteiger partial charge >= 0.3 is 0 Å². The van der Waals surface area contributed by atoms with Gasteiger partial charge in [-0.05, 0) is 31.7 Å². The Kier molecular flexibility index (Phi) is 16.8. The van der Waals surface area contributed by atoms with E-state index in [0.717, 1.165) is 6.42 Å². The lowest BCUT2D eigenvalue weighted by atomic mass is 10.0. The van der Waals surface area contributed by atoms with Gasteiger partial charge < -0.3 is 47.7 Å². The van der Waals surface area contributed by atoms with Crippen molar-refractivity contribution in [3.63, 3.8) is 0 Å². The van der Waals surface area contributed by atoms with Crippen LogP contribution in [0.15, 0.2) is 42.9 Å². The number of benzene rings is 1. The number of nitrogens with zero attached hydrogens (tertiary/aromatic N) is 1. The molecule has 1 aliphatic heterocycles. The van der Waals surface area contributed by atoms with E-state index in [4.69, 9.17) is 5.73 Å². The summed E-state index contributed by atoms with van der Waals surface area (Å²) in [6.45, 7) is 4.59. The van der Waals surface area contributed by atoms with Crippen molar-refractivity contribution in [1.82, 2.24) is 47.2 Å². The van der Waals surface area contributed by atoms with Gasteiger partial charge in [0, 0.05) is 44.6 Å². The standard InChI is InChI=1S/C35H52N10O8/c1-4-5-11-25(41-21(3)46)32(50)43-26-12-13-29(47)38-15-14-24(30(36)48)42-31(49)20(2)40-34(52)27(16-22-9-7-6-8-10-22)44-35(53)28(45-33(26)51)17-23-18-37-19-39-23/h6-10,18-20,24-28,32,43,50H,4-5,11-17H2,1-3H3,(H2,36,48)(H,37,39)(H,38,47)(H,40,52)(H,41,46)(H,42,49)(H,44,53)(H,45,51)/t20-,24-,25-,26-,27?,28-,32?/m0/s1. The topological polar surface area (TPSA) is 279 Å². The van der Waals surface area contributed by atoms with Gasteiger partial charge in [-0.2, -0.15) is 0 Å². The number of carbonyl (C=O) groups excluding carboxylic acids is 7. The molecule has 2 heterocycles. The van der Waals surface area contributed by atoms with Gasteiger partial charge in [-0.15, -0.1) is 0 Å². The average molecular weight is 741 g/mol. The van der Waals surface area contributed by atoms with Gasteiger partial charge in [0.15, 0.2) is 0 Å². The number of rotatable bonds is 12. The Morgan fingerprint density at radius 3 is 2.26 bits per heavy atom. The van der Waals surface area contributed by atoms with Crippen molar-refractivity contribution in [3.8, 4) is 0 Å². The van der Waals surface area contributed by atoms with Crippen LogP contribution in [0.25, 0.3) is 0 Å². The third-order valence-electron chi connectivity index (χ3n) is 8.68. The van der Waals surface area contributed by atoms with Gasteiger partial charge in [0.25, 0.3) is 0 Å². The van der Waals surface area contributed by atoms with Crippen LogP contribution in [0.5, 0.6) is 0 Å². The second-order valence-corrected chi connectivity index (χ2v) is 13.1. The molecule has 1 aromatic carbocycles. The van der Waals surface area contributed by atoms with Crippen molar-refractivity contribution in [1.29, 1.82) is 0 Å². The number of imidazole rings is 1. The van der Waals surface area contributed by atoms with Crippen molar-refractivity contribution < 1.29 is 38.7 Å². The molecule has 0 radical (unpaired) electrons. The first kappa shape index (κ1) is 42.1. The zero-order chi connectivity index (χ0) is 38.9. The third-order valence-corrected chi connectivity index (χ3v) is 8.68. The molecule has 1 aromatic heterocycles. The maximum Gasteiger partial charge on any atom is 0.243 e. The molecule has 290 valence electrons. The van der Waals surface area contributed by atoms with Crippen LogP contribution in [0.2, 0.25) is 0 Å². The summed E-state index contributed by atoms with van der Waals surface area (Å²) in [5.74, 6) is -4.67. The monoisotopic (exact) mass is 740 g/mol. The molecular formula is C35H52N10O8. The fourth-order valence-electron chi connectivity index (χ4n) is 5.72. The number of carbonyl (C=O) groups is 7. The highest BCUT2D eigenvalue weighted by Gasteiger charge is 2.33. The predicted molar refractivity (Wildman–Crippen MR) is 192 cm³/mol. The number of aliphatic hydroxyl groups excluding tert-OH is 1. The van der Waals surface area contributed by atoms with E-state index in [2.05, 4.69) is 47.2 Å². The SMILES string of the molecule is CCCC[C@H](NC(C)=O)C(O)N[C@H]1CCC(=O)NCC[C@@H](C(N)=O)NC(=O)[C@H](C)NC(=O)C(Cc2ccccc2)NC(=O)[C@H](Cc2cnc[nH]2)NC1=O. The minimum Gasteiger partial charge on any atom is -0.376 e. The zero-order valence-corrected chi connectivity index (χ0v) is 30.3. The van der Waals surface area contributed by atoms with Crippen LogP contribution in [0.3, 0.4) is 0 Å². The Hall–Kier alpha value is -5.36. The lowest BCUT2D eigenvalue weighted by Crippen LogP contribution is -2.60. The van der Waals surface area contributed by atoms with Gasteiger partial charge in [0.05, 0.1) is 18.4 Å². The normalized spacial score (nSPS) is 23.7. The fraction of sp³-hybridized carbons (Fsp3) is 0.543. The summed E-state index contributed by atoms with van der Waals surface area (Å²) in [7, 11) is 0. The quantitative estimate of drug-likeness (QED) is 0.106. The molecule has 2 aromatic rings. The van der Waals surface area contributed by atoms with E-state index in [1.165, 1.54) is 26.4 Å². The summed E-state index contributed by atoms with van der Waals surface area (Å²) in [5, 5.41) is 29.8. The number of aliphatic hydroxyl groups is 1. The fourth-order valence-corrected chi connectivity index (χ4v) is 5.72. The van der Waals surface area contributed by atoms with Gasteiger partial charge in [0.1, 0.15) is 30.4 Å². The van der Waals surface area contributed by atoms with Crippen LogP contribution in [-0.4, -0.2) is 105 Å². The number of H-pyrrole nitrogens is 1. The zero-order valence-electron chi connectivity index (χ0n) is 30.3. The Bertz CT molecular complexity index is 1540. The molecule has 1 saturated heterocycles. The van der Waals surface area contributed by atoms with E-state index in [9.17, 15) is 38.7 Å². The first-order valence-corrected chi connectivity index (χ1v) is 17.8. The Morgan fingerprint density at radius 2 is 1.62 bits per heavy atom. The number of nitrogens with one attached hydrogen (secondary N) is 8. The molecule has 2 unspecified atom stereocenters. The minimum absolute atomic E-state index is 0.0217. The van der Waals surface area contributed by atoms with Gasteiger partial charge in [-0.25, -0.2) is 4.98 Å². The second kappa shape index (κ2) is 21.2. The molecule has 53 heavy (non-hydrogen) atoms. The summed E-state index contributed by atoms with van der Waals surface area (Å²) in [4.78, 5) is 98.6. The molecule has 11 N–H and O–H groups in total. The highest BCUT2D eigenvalue weighted by Crippen LogP contribution is 2.10. The molecule has 1 fully saturated rings. The number of nitrogens with two attached hydrogens (primary N) is 1. The summed E-state index contributed by atoms with van der Waals surface area (Å²) in [6, 6.07) is 1.99. The first-order chi connectivity index (χ1) is 25.3. The van der Waals surface area contributed by atoms with E-state index in [1.54, 1.807) is 30.3 Å². The summed E-state index contributed by atoms with van der Waals surface area (Å²) < 4.78 is 0. The predicted octanol–water partition coefficient (Wildman–Crippen LogP) is -2.09. The van der Waals surface area contributed by atoms with Crippen molar-refractivity contribution in [2.24, 2.45) is 5.73 Å². The maximum atomic E-state index is 14.0. The van der Waals surface area contributed by atoms with Crippen molar-refractivity contribution >= 4 is 41.4 Å². The van der Waals surface area contributed by atoms with Crippen molar-refractivity contribution in [2.75, 3.05) is 6.54 Å². The lowest BCUT2D eigenvalue weighted by molar-refractivity contribution is -0.134. The lowest BCUT2D eigenvalue weighted by Gasteiger charge is -2.30. The molecule has 18 nitrogen and oxygen atoms in total. The second-order valence-electron chi connectivity index (χ2n) is 13.1. The molecular weight excluding hydrogens is 688 g/mol.